The van der Waals surface area contributed by atoms with Crippen LogP contribution in [0.3, 0.4) is 0 Å². The van der Waals surface area contributed by atoms with Crippen LogP contribution < -0.4 is 22.3 Å². The molecule has 0 atom stereocenters. The van der Waals surface area contributed by atoms with Gasteiger partial charge in [-0.15, -0.1) is 0 Å². The maximum atomic E-state index is 11.9. The lowest BCUT2D eigenvalue weighted by Gasteiger charge is -2.08. The third kappa shape index (κ3) is 3.72. The molecule has 0 bridgehead atoms. The number of benzene rings is 1. The van der Waals surface area contributed by atoms with E-state index in [1.165, 1.54) is 16.8 Å². The summed E-state index contributed by atoms with van der Waals surface area (Å²) in [5.41, 5.74) is 12.1. The molecule has 2 rings (SSSR count). The summed E-state index contributed by atoms with van der Waals surface area (Å²) < 4.78 is 1.25. The van der Waals surface area contributed by atoms with Crippen LogP contribution in [0.4, 0.5) is 5.69 Å². The van der Waals surface area contributed by atoms with Gasteiger partial charge < -0.3 is 21.4 Å². The van der Waals surface area contributed by atoms with Gasteiger partial charge in [0.15, 0.2) is 0 Å². The molecule has 1 aromatic heterocycles. The first-order valence-electron chi connectivity index (χ1n) is 6.62. The van der Waals surface area contributed by atoms with Crippen molar-refractivity contribution < 1.29 is 4.79 Å². The highest BCUT2D eigenvalue weighted by molar-refractivity contribution is 5.94. The zero-order chi connectivity index (χ0) is 16.1. The maximum Gasteiger partial charge on any atom is 0.274 e. The normalized spacial score (nSPS) is 10.2. The summed E-state index contributed by atoms with van der Waals surface area (Å²) in [6.45, 7) is 0.240. The highest BCUT2D eigenvalue weighted by Gasteiger charge is 2.06. The van der Waals surface area contributed by atoms with E-state index in [0.717, 1.165) is 5.56 Å². The summed E-state index contributed by atoms with van der Waals surface area (Å²) in [5.74, 6) is -0.292. The van der Waals surface area contributed by atoms with E-state index >= 15 is 0 Å². The molecule has 6 N–H and O–H groups in total. The van der Waals surface area contributed by atoms with E-state index < -0.39 is 0 Å². The van der Waals surface area contributed by atoms with Crippen molar-refractivity contribution in [3.63, 3.8) is 0 Å². The Morgan fingerprint density at radius 2 is 1.91 bits per heavy atom. The highest BCUT2D eigenvalue weighted by Crippen LogP contribution is 2.03. The van der Waals surface area contributed by atoms with Crippen LogP contribution in [0.5, 0.6) is 0 Å². The Morgan fingerprint density at radius 1 is 1.23 bits per heavy atom. The summed E-state index contributed by atoms with van der Waals surface area (Å²) in [6.07, 6.45) is 1.51. The van der Waals surface area contributed by atoms with E-state index in [0.29, 0.717) is 12.1 Å². The minimum Gasteiger partial charge on any atom is -0.394 e. The molecular formula is C15H17N5O2. The molecular weight excluding hydrogens is 282 g/mol. The molecule has 114 valence electrons. The summed E-state index contributed by atoms with van der Waals surface area (Å²) >= 11 is 0. The predicted octanol–water partition coefficient (Wildman–Crippen LogP) is 0.0310. The average molecular weight is 299 g/mol. The van der Waals surface area contributed by atoms with Gasteiger partial charge in [0.1, 0.15) is 12.4 Å². The molecule has 0 unspecified atom stereocenters. The molecule has 22 heavy (non-hydrogen) atoms. The molecule has 0 saturated heterocycles. The van der Waals surface area contributed by atoms with Crippen molar-refractivity contribution in [2.45, 2.75) is 13.1 Å². The van der Waals surface area contributed by atoms with Crippen LogP contribution >= 0.6 is 0 Å². The first-order chi connectivity index (χ1) is 10.5. The highest BCUT2D eigenvalue weighted by atomic mass is 16.2. The lowest BCUT2D eigenvalue weighted by molar-refractivity contribution is -0.121. The Bertz CT molecular complexity index is 749. The lowest BCUT2D eigenvalue weighted by Crippen LogP contribution is -2.32. The maximum absolute atomic E-state index is 11.9. The van der Waals surface area contributed by atoms with E-state index in [1.54, 1.807) is 30.3 Å². The first kappa shape index (κ1) is 15.3. The largest absolute Gasteiger partial charge is 0.394 e. The monoisotopic (exact) mass is 299 g/mol. The number of carbonyl (C=O) groups excluding carboxylic acids is 1. The summed E-state index contributed by atoms with van der Waals surface area (Å²) in [7, 11) is 0. The number of nitrogens with zero attached hydrogens (tertiary/aromatic N) is 1. The molecule has 0 fully saturated rings. The number of nitrogen functional groups attached to an aromatic ring is 2. The van der Waals surface area contributed by atoms with Gasteiger partial charge in [0.2, 0.25) is 5.91 Å². The number of pyridine rings is 1. The number of amides is 1. The van der Waals surface area contributed by atoms with Crippen molar-refractivity contribution in [3.05, 3.63) is 64.1 Å². The zero-order valence-corrected chi connectivity index (χ0v) is 11.9. The fourth-order valence-electron chi connectivity index (χ4n) is 1.89. The molecule has 0 aliphatic rings. The molecule has 7 heteroatoms. The van der Waals surface area contributed by atoms with Crippen LogP contribution in [0, 0.1) is 5.41 Å². The van der Waals surface area contributed by atoms with Gasteiger partial charge in [0, 0.05) is 18.3 Å². The second-order valence-electron chi connectivity index (χ2n) is 4.78. The molecule has 7 nitrogen and oxygen atoms in total. The molecule has 1 aromatic carbocycles. The fraction of sp³-hybridized carbons (Fsp3) is 0.133. The van der Waals surface area contributed by atoms with Crippen molar-refractivity contribution in [2.75, 3.05) is 5.73 Å². The lowest BCUT2D eigenvalue weighted by atomic mass is 10.1. The minimum absolute atomic E-state index is 0.00312. The van der Waals surface area contributed by atoms with Crippen LogP contribution in [-0.4, -0.2) is 16.3 Å². The molecule has 0 spiro atoms. The minimum atomic E-state index is -0.386. The second-order valence-corrected chi connectivity index (χ2v) is 4.78. The van der Waals surface area contributed by atoms with E-state index in [4.69, 9.17) is 16.9 Å². The van der Waals surface area contributed by atoms with Crippen molar-refractivity contribution in [1.82, 2.24) is 9.88 Å². The SMILES string of the molecule is N=C(N)c1ccc(CNC(=O)Cn2cccc(N)c2=O)cc1. The van der Waals surface area contributed by atoms with Gasteiger partial charge >= 0.3 is 0 Å². The number of hydrogen-bond acceptors (Lipinski definition) is 4. The predicted molar refractivity (Wildman–Crippen MR) is 84.4 cm³/mol. The number of nitrogens with one attached hydrogen (secondary N) is 2. The van der Waals surface area contributed by atoms with E-state index in [2.05, 4.69) is 5.32 Å². The van der Waals surface area contributed by atoms with Gasteiger partial charge in [-0.3, -0.25) is 15.0 Å². The third-order valence-corrected chi connectivity index (χ3v) is 3.12. The van der Waals surface area contributed by atoms with Gasteiger partial charge in [-0.1, -0.05) is 24.3 Å². The Kier molecular flexibility index (Phi) is 4.57. The molecule has 1 amide bonds. The van der Waals surface area contributed by atoms with Gasteiger partial charge in [0.05, 0.1) is 5.69 Å². The Hall–Kier alpha value is -3.09. The van der Waals surface area contributed by atoms with Crippen molar-refractivity contribution >= 4 is 17.4 Å². The molecule has 1 heterocycles. The quantitative estimate of drug-likeness (QED) is 0.459. The molecule has 2 aromatic rings. The fourth-order valence-corrected chi connectivity index (χ4v) is 1.89. The number of rotatable bonds is 5. The van der Waals surface area contributed by atoms with Crippen molar-refractivity contribution in [1.29, 1.82) is 5.41 Å². The van der Waals surface area contributed by atoms with Gasteiger partial charge in [-0.2, -0.15) is 0 Å². The topological polar surface area (TPSA) is 127 Å². The van der Waals surface area contributed by atoms with E-state index in [1.807, 2.05) is 0 Å². The van der Waals surface area contributed by atoms with Crippen molar-refractivity contribution in [2.24, 2.45) is 5.73 Å². The molecule has 0 radical (unpaired) electrons. The summed E-state index contributed by atoms with van der Waals surface area (Å²) in [5, 5.41) is 10.0. The van der Waals surface area contributed by atoms with Crippen LogP contribution in [0.2, 0.25) is 0 Å². The third-order valence-electron chi connectivity index (χ3n) is 3.12. The van der Waals surface area contributed by atoms with Gasteiger partial charge in [-0.25, -0.2) is 0 Å². The number of amidine groups is 1. The van der Waals surface area contributed by atoms with Crippen molar-refractivity contribution in [3.8, 4) is 0 Å². The van der Waals surface area contributed by atoms with Gasteiger partial charge in [0.25, 0.3) is 5.56 Å². The Balaban J connectivity index is 1.94. The first-order valence-corrected chi connectivity index (χ1v) is 6.62. The Labute approximate surface area is 127 Å². The number of carbonyl (C=O) groups is 1. The number of hydrogen-bond donors (Lipinski definition) is 4. The summed E-state index contributed by atoms with van der Waals surface area (Å²) in [4.78, 5) is 23.6. The van der Waals surface area contributed by atoms with E-state index in [9.17, 15) is 9.59 Å². The molecule has 0 aliphatic heterocycles. The standard InChI is InChI=1S/C15H17N5O2/c16-12-2-1-7-20(15(12)22)9-13(21)19-8-10-3-5-11(6-4-10)14(17)18/h1-7H,8-9,16H2,(H3,17,18)(H,19,21). The van der Waals surface area contributed by atoms with Crippen LogP contribution in [0.25, 0.3) is 0 Å². The number of nitrogens with two attached hydrogens (primary N) is 2. The number of aromatic nitrogens is 1. The van der Waals surface area contributed by atoms with Crippen LogP contribution in [0.1, 0.15) is 11.1 Å². The van der Waals surface area contributed by atoms with E-state index in [-0.39, 0.29) is 29.5 Å². The smallest absolute Gasteiger partial charge is 0.274 e. The Morgan fingerprint density at radius 3 is 2.55 bits per heavy atom. The zero-order valence-electron chi connectivity index (χ0n) is 11.9. The van der Waals surface area contributed by atoms with Crippen LogP contribution in [-0.2, 0) is 17.9 Å². The average Bonchev–Trinajstić information content (AvgIpc) is 2.50. The number of anilines is 1. The van der Waals surface area contributed by atoms with Crippen LogP contribution in [0.15, 0.2) is 47.4 Å². The second kappa shape index (κ2) is 6.57. The summed E-state index contributed by atoms with van der Waals surface area (Å²) in [6, 6.07) is 10.1. The molecule has 0 aliphatic carbocycles. The van der Waals surface area contributed by atoms with Gasteiger partial charge in [-0.05, 0) is 17.7 Å². The molecule has 0 saturated carbocycles.